The number of carbonyl (C=O) groups excluding carboxylic acids is 1. The van der Waals surface area contributed by atoms with E-state index in [1.807, 2.05) is 38.1 Å². The summed E-state index contributed by atoms with van der Waals surface area (Å²) in [6, 6.07) is 7.79. The molecule has 0 amide bonds. The maximum absolute atomic E-state index is 10.0. The second kappa shape index (κ2) is 21.7. The normalized spacial score (nSPS) is 14.4. The summed E-state index contributed by atoms with van der Waals surface area (Å²) in [6.07, 6.45) is 4.15. The Labute approximate surface area is 271 Å². The monoisotopic (exact) mass is 656 g/mol. The smallest absolute Gasteiger partial charge is 0.334 e. The lowest BCUT2D eigenvalue weighted by atomic mass is 10.2. The number of rotatable bonds is 11. The van der Waals surface area contributed by atoms with Crippen LogP contribution >= 0.6 is 0 Å². The Morgan fingerprint density at radius 3 is 1.64 bits per heavy atom. The second-order valence-electron chi connectivity index (χ2n) is 13.4. The van der Waals surface area contributed by atoms with Crippen LogP contribution in [0.15, 0.2) is 37.4 Å². The maximum Gasteiger partial charge on any atom is 0.334 e. The van der Waals surface area contributed by atoms with Gasteiger partial charge in [0.05, 0.1) is 39.6 Å². The van der Waals surface area contributed by atoms with Gasteiger partial charge in [-0.2, -0.15) is 0 Å². The van der Waals surface area contributed by atoms with Crippen LogP contribution in [0.4, 0.5) is 0 Å². The Morgan fingerprint density at radius 1 is 0.909 bits per heavy atom. The third-order valence-corrected chi connectivity index (χ3v) is 16.7. The summed E-state index contributed by atoms with van der Waals surface area (Å²) < 4.78 is 27.3. The summed E-state index contributed by atoms with van der Waals surface area (Å²) in [5.74, 6) is 2.95. The van der Waals surface area contributed by atoms with Crippen molar-refractivity contribution in [2.24, 2.45) is 0 Å². The number of benzene rings is 1. The van der Waals surface area contributed by atoms with Gasteiger partial charge in [0, 0.05) is 0 Å². The molecule has 0 spiro atoms. The molecule has 10 heteroatoms. The first-order valence-electron chi connectivity index (χ1n) is 14.9. The minimum Gasteiger partial charge on any atom is -0.497 e. The summed E-state index contributed by atoms with van der Waals surface area (Å²) in [4.78, 5) is 10.0. The van der Waals surface area contributed by atoms with Crippen LogP contribution in [0, 0.1) is 12.3 Å². The highest BCUT2D eigenvalue weighted by Gasteiger charge is 2.40. The Hall–Kier alpha value is -1.98. The van der Waals surface area contributed by atoms with Crippen LogP contribution in [-0.4, -0.2) is 78.1 Å². The van der Waals surface area contributed by atoms with Crippen molar-refractivity contribution in [3.63, 3.8) is 0 Å². The van der Waals surface area contributed by atoms with E-state index >= 15 is 0 Å². The van der Waals surface area contributed by atoms with E-state index in [1.165, 1.54) is 14.0 Å². The number of ether oxygens (including phenoxy) is 3. The quantitative estimate of drug-likeness (QED) is 0.110. The van der Waals surface area contributed by atoms with Gasteiger partial charge in [-0.15, -0.1) is 19.6 Å². The van der Waals surface area contributed by atoms with Crippen LogP contribution in [-0.2, 0) is 29.7 Å². The third-order valence-electron chi connectivity index (χ3n) is 7.57. The summed E-state index contributed by atoms with van der Waals surface area (Å²) in [5.41, 5.74) is 1.06. The van der Waals surface area contributed by atoms with Crippen molar-refractivity contribution in [3.05, 3.63) is 43.0 Å². The Bertz CT molecular complexity index is 942. The summed E-state index contributed by atoms with van der Waals surface area (Å²) in [6.45, 7) is 33.9. The number of carbonyl (C=O) groups is 1. The van der Waals surface area contributed by atoms with Gasteiger partial charge in [0.2, 0.25) is 0 Å². The van der Waals surface area contributed by atoms with E-state index in [0.29, 0.717) is 6.61 Å². The second-order valence-corrected chi connectivity index (χ2v) is 22.9. The molecule has 0 aliphatic rings. The summed E-state index contributed by atoms with van der Waals surface area (Å²) >= 11 is 0. The number of aliphatic hydroxyl groups excluding tert-OH is 2. The van der Waals surface area contributed by atoms with Gasteiger partial charge in [-0.1, -0.05) is 59.6 Å². The van der Waals surface area contributed by atoms with Crippen LogP contribution in [0.25, 0.3) is 0 Å². The number of methoxy groups -OCH3 is 2. The van der Waals surface area contributed by atoms with E-state index in [9.17, 15) is 4.79 Å². The third kappa shape index (κ3) is 18.7. The molecule has 1 rings (SSSR count). The maximum atomic E-state index is 10.0. The molecule has 0 saturated heterocycles. The van der Waals surface area contributed by atoms with E-state index in [1.54, 1.807) is 7.11 Å². The Morgan fingerprint density at radius 2 is 1.34 bits per heavy atom. The largest absolute Gasteiger partial charge is 0.497 e. The molecule has 0 unspecified atom stereocenters. The average Bonchev–Trinajstić information content (AvgIpc) is 2.93. The topological polar surface area (TPSA) is 104 Å². The molecule has 0 fully saturated rings. The van der Waals surface area contributed by atoms with Gasteiger partial charge in [-0.25, -0.2) is 4.79 Å². The molecule has 4 atom stereocenters. The number of terminal acetylenes is 1. The lowest BCUT2D eigenvalue weighted by molar-refractivity contribution is -0.149. The van der Waals surface area contributed by atoms with E-state index in [0.717, 1.165) is 11.3 Å². The molecule has 1 aromatic carbocycles. The first-order valence-corrected chi connectivity index (χ1v) is 20.7. The summed E-state index contributed by atoms with van der Waals surface area (Å²) in [5, 5.41) is 17.6. The number of esters is 1. The highest BCUT2D eigenvalue weighted by Crippen LogP contribution is 2.38. The molecule has 2 N–H and O–H groups in total. The van der Waals surface area contributed by atoms with Crippen LogP contribution in [0.3, 0.4) is 0 Å². The molecule has 0 saturated carbocycles. The fourth-order valence-corrected chi connectivity index (χ4v) is 5.66. The lowest BCUT2D eigenvalue weighted by Crippen LogP contribution is -2.46. The zero-order valence-corrected chi connectivity index (χ0v) is 32.4. The van der Waals surface area contributed by atoms with Crippen LogP contribution in [0.2, 0.25) is 36.3 Å². The van der Waals surface area contributed by atoms with Crippen molar-refractivity contribution in [1.82, 2.24) is 0 Å². The Balaban J connectivity index is -0.000000666. The van der Waals surface area contributed by atoms with E-state index in [4.69, 9.17) is 35.0 Å². The SMILES string of the molecule is C#C[C@@H](OCc1ccc(OC)cc1)[C@H](C)O[Si](C)(C)C(C)(C)C.C=C.COC(=O)[C@H](C)O.C[C@@H](CO)O[Si](C)(C)C(C)(C)C. The Kier molecular flexibility index (Phi) is 22.9. The van der Waals surface area contributed by atoms with Gasteiger partial charge in [0.1, 0.15) is 18.0 Å². The summed E-state index contributed by atoms with van der Waals surface area (Å²) in [7, 11) is -0.625. The number of aliphatic hydroxyl groups is 2. The van der Waals surface area contributed by atoms with Gasteiger partial charge in [-0.3, -0.25) is 0 Å². The van der Waals surface area contributed by atoms with Gasteiger partial charge < -0.3 is 33.3 Å². The van der Waals surface area contributed by atoms with Crippen LogP contribution < -0.4 is 4.74 Å². The van der Waals surface area contributed by atoms with Crippen molar-refractivity contribution in [1.29, 1.82) is 0 Å². The minimum absolute atomic E-state index is 0.0223. The van der Waals surface area contributed by atoms with Crippen molar-refractivity contribution in [2.75, 3.05) is 20.8 Å². The fraction of sp³-hybridized carbons (Fsp3) is 0.676. The van der Waals surface area contributed by atoms with Crippen molar-refractivity contribution >= 4 is 22.6 Å². The molecule has 1 aromatic rings. The van der Waals surface area contributed by atoms with E-state index < -0.39 is 28.7 Å². The van der Waals surface area contributed by atoms with Gasteiger partial charge in [0.15, 0.2) is 16.6 Å². The molecular formula is C34H64O8Si2. The molecule has 256 valence electrons. The molecule has 0 bridgehead atoms. The highest BCUT2D eigenvalue weighted by molar-refractivity contribution is 6.74. The lowest BCUT2D eigenvalue weighted by Gasteiger charge is -2.39. The van der Waals surface area contributed by atoms with Crippen molar-refractivity contribution in [3.8, 4) is 18.1 Å². The van der Waals surface area contributed by atoms with Crippen molar-refractivity contribution in [2.45, 2.75) is 130 Å². The standard InChI is InChI=1S/C19H30O3Si.C9H22O2Si.C4H8O3.C2H4/c1-9-18(15(2)22-23(7,8)19(3,4)5)21-14-16-10-12-17(20-6)13-11-16;1-8(7-10)11-12(5,6)9(2,3)4;1-3(5)4(6)7-2;1-2/h1,10-13,15,18H,14H2,2-8H3;8,10H,7H2,1-6H3;3,5H,1-2H3;1-2H2/t15-,18+;8-;3-;/m000./s1. The predicted octanol–water partition coefficient (Wildman–Crippen LogP) is 7.36. The van der Waals surface area contributed by atoms with Gasteiger partial charge >= 0.3 is 5.97 Å². The molecule has 8 nitrogen and oxygen atoms in total. The van der Waals surface area contributed by atoms with Crippen molar-refractivity contribution < 1.29 is 38.1 Å². The molecule has 0 aliphatic carbocycles. The number of hydrogen-bond donors (Lipinski definition) is 2. The number of hydrogen-bond acceptors (Lipinski definition) is 8. The highest BCUT2D eigenvalue weighted by atomic mass is 28.4. The van der Waals surface area contributed by atoms with Crippen LogP contribution in [0.1, 0.15) is 67.9 Å². The molecule has 0 aromatic heterocycles. The molecule has 0 aliphatic heterocycles. The van der Waals surface area contributed by atoms with Gasteiger partial charge in [-0.05, 0) is 74.7 Å². The average molecular weight is 657 g/mol. The minimum atomic E-state index is -1.86. The predicted molar refractivity (Wildman–Crippen MR) is 188 cm³/mol. The molecule has 44 heavy (non-hydrogen) atoms. The molecule has 0 radical (unpaired) electrons. The van der Waals surface area contributed by atoms with Gasteiger partial charge in [0.25, 0.3) is 0 Å². The zero-order valence-electron chi connectivity index (χ0n) is 30.4. The first-order chi connectivity index (χ1) is 20.0. The van der Waals surface area contributed by atoms with E-state index in [2.05, 4.69) is 91.5 Å². The van der Waals surface area contributed by atoms with E-state index in [-0.39, 0.29) is 35.0 Å². The fourth-order valence-electron chi connectivity index (χ4n) is 2.82. The van der Waals surface area contributed by atoms with Crippen LogP contribution in [0.5, 0.6) is 5.75 Å². The first kappa shape index (κ1) is 46.4. The zero-order chi connectivity index (χ0) is 35.5. The molecule has 0 heterocycles. The molecular weight excluding hydrogens is 593 g/mol.